The Hall–Kier alpha value is -1.27. The van der Waals surface area contributed by atoms with Crippen LogP contribution in [0.25, 0.3) is 0 Å². The standard InChI is InChI=1S/C10H16F3NO3/c1-2-3-7(9(16)17)6-14-8(15)4-5-10(11,12)13/h7H,2-6H2,1H3,(H,14,15)(H,16,17). The van der Waals surface area contributed by atoms with Crippen LogP contribution in [-0.4, -0.2) is 29.7 Å². The van der Waals surface area contributed by atoms with E-state index in [0.717, 1.165) is 0 Å². The van der Waals surface area contributed by atoms with Crippen LogP contribution in [0.4, 0.5) is 13.2 Å². The third-order valence-corrected chi connectivity index (χ3v) is 2.17. The second-order valence-corrected chi connectivity index (χ2v) is 3.74. The van der Waals surface area contributed by atoms with Crippen molar-refractivity contribution < 1.29 is 27.9 Å². The summed E-state index contributed by atoms with van der Waals surface area (Å²) in [6, 6.07) is 0. The van der Waals surface area contributed by atoms with Gasteiger partial charge in [0.25, 0.3) is 0 Å². The van der Waals surface area contributed by atoms with Crippen molar-refractivity contribution in [2.75, 3.05) is 6.54 Å². The maximum absolute atomic E-state index is 11.8. The minimum absolute atomic E-state index is 0.125. The van der Waals surface area contributed by atoms with Crippen molar-refractivity contribution in [3.8, 4) is 0 Å². The molecule has 0 aliphatic carbocycles. The van der Waals surface area contributed by atoms with Crippen LogP contribution < -0.4 is 5.32 Å². The van der Waals surface area contributed by atoms with Gasteiger partial charge in [-0.05, 0) is 6.42 Å². The van der Waals surface area contributed by atoms with Crippen molar-refractivity contribution in [3.05, 3.63) is 0 Å². The molecule has 4 nitrogen and oxygen atoms in total. The topological polar surface area (TPSA) is 66.4 Å². The van der Waals surface area contributed by atoms with Gasteiger partial charge in [0.2, 0.25) is 5.91 Å². The van der Waals surface area contributed by atoms with Crippen LogP contribution in [0.2, 0.25) is 0 Å². The van der Waals surface area contributed by atoms with E-state index < -0.39 is 36.8 Å². The maximum Gasteiger partial charge on any atom is 0.389 e. The summed E-state index contributed by atoms with van der Waals surface area (Å²) in [6.07, 6.45) is -5.20. The summed E-state index contributed by atoms with van der Waals surface area (Å²) in [5, 5.41) is 10.9. The van der Waals surface area contributed by atoms with Crippen LogP contribution in [0.5, 0.6) is 0 Å². The minimum Gasteiger partial charge on any atom is -0.481 e. The van der Waals surface area contributed by atoms with Gasteiger partial charge in [-0.25, -0.2) is 0 Å². The van der Waals surface area contributed by atoms with E-state index in [9.17, 15) is 22.8 Å². The highest BCUT2D eigenvalue weighted by molar-refractivity contribution is 5.77. The molecule has 0 saturated carbocycles. The molecule has 7 heteroatoms. The summed E-state index contributed by atoms with van der Waals surface area (Å²) >= 11 is 0. The van der Waals surface area contributed by atoms with Gasteiger partial charge < -0.3 is 10.4 Å². The molecule has 17 heavy (non-hydrogen) atoms. The molecule has 1 atom stereocenters. The first-order valence-corrected chi connectivity index (χ1v) is 5.32. The Balaban J connectivity index is 3.92. The van der Waals surface area contributed by atoms with Gasteiger partial charge in [-0.3, -0.25) is 9.59 Å². The zero-order valence-electron chi connectivity index (χ0n) is 9.51. The van der Waals surface area contributed by atoms with Crippen LogP contribution in [0.15, 0.2) is 0 Å². The van der Waals surface area contributed by atoms with Crippen molar-refractivity contribution in [1.82, 2.24) is 5.32 Å². The first kappa shape index (κ1) is 15.7. The highest BCUT2D eigenvalue weighted by atomic mass is 19.4. The highest BCUT2D eigenvalue weighted by Gasteiger charge is 2.28. The van der Waals surface area contributed by atoms with Crippen LogP contribution in [0, 0.1) is 5.92 Å². The fourth-order valence-electron chi connectivity index (χ4n) is 1.24. The lowest BCUT2D eigenvalue weighted by atomic mass is 10.0. The van der Waals surface area contributed by atoms with Crippen LogP contribution in [0.3, 0.4) is 0 Å². The van der Waals surface area contributed by atoms with Gasteiger partial charge in [-0.2, -0.15) is 13.2 Å². The number of carbonyl (C=O) groups excluding carboxylic acids is 1. The van der Waals surface area contributed by atoms with E-state index in [2.05, 4.69) is 5.32 Å². The first-order valence-electron chi connectivity index (χ1n) is 5.32. The van der Waals surface area contributed by atoms with Crippen LogP contribution in [0.1, 0.15) is 32.6 Å². The predicted molar refractivity (Wildman–Crippen MR) is 54.3 cm³/mol. The minimum atomic E-state index is -4.37. The fourth-order valence-corrected chi connectivity index (χ4v) is 1.24. The summed E-state index contributed by atoms with van der Waals surface area (Å²) < 4.78 is 35.4. The van der Waals surface area contributed by atoms with Gasteiger partial charge in [0.15, 0.2) is 0 Å². The number of carboxylic acids is 1. The maximum atomic E-state index is 11.8. The highest BCUT2D eigenvalue weighted by Crippen LogP contribution is 2.21. The summed E-state index contributed by atoms with van der Waals surface area (Å²) in [4.78, 5) is 21.7. The Bertz CT molecular complexity index is 266. The van der Waals surface area contributed by atoms with E-state index in [1.165, 1.54) is 0 Å². The number of rotatable bonds is 7. The van der Waals surface area contributed by atoms with Gasteiger partial charge in [0.05, 0.1) is 12.3 Å². The van der Waals surface area contributed by atoms with E-state index in [1.807, 2.05) is 0 Å². The van der Waals surface area contributed by atoms with E-state index in [4.69, 9.17) is 5.11 Å². The summed E-state index contributed by atoms with van der Waals surface area (Å²) in [5.74, 6) is -2.57. The van der Waals surface area contributed by atoms with Crippen molar-refractivity contribution in [3.63, 3.8) is 0 Å². The third kappa shape index (κ3) is 8.53. The van der Waals surface area contributed by atoms with Crippen LogP contribution >= 0.6 is 0 Å². The molecule has 0 heterocycles. The Kier molecular flexibility index (Phi) is 6.60. The Morgan fingerprint density at radius 1 is 1.35 bits per heavy atom. The van der Waals surface area contributed by atoms with Gasteiger partial charge in [0.1, 0.15) is 0 Å². The lowest BCUT2D eigenvalue weighted by molar-refractivity contribution is -0.145. The average Bonchev–Trinajstić information content (AvgIpc) is 2.19. The molecule has 0 aromatic carbocycles. The van der Waals surface area contributed by atoms with E-state index in [-0.39, 0.29) is 6.54 Å². The normalized spacial score (nSPS) is 13.2. The van der Waals surface area contributed by atoms with E-state index >= 15 is 0 Å². The smallest absolute Gasteiger partial charge is 0.389 e. The van der Waals surface area contributed by atoms with Crippen molar-refractivity contribution >= 4 is 11.9 Å². The van der Waals surface area contributed by atoms with Crippen molar-refractivity contribution in [1.29, 1.82) is 0 Å². The largest absolute Gasteiger partial charge is 0.481 e. The number of alkyl halides is 3. The van der Waals surface area contributed by atoms with Crippen molar-refractivity contribution in [2.45, 2.75) is 38.8 Å². The molecule has 0 aromatic heterocycles. The average molecular weight is 255 g/mol. The number of nitrogens with one attached hydrogen (secondary N) is 1. The van der Waals surface area contributed by atoms with Crippen LogP contribution in [-0.2, 0) is 9.59 Å². The number of amides is 1. The number of hydrogen-bond acceptors (Lipinski definition) is 2. The molecule has 0 aliphatic heterocycles. The monoisotopic (exact) mass is 255 g/mol. The van der Waals surface area contributed by atoms with Crippen molar-refractivity contribution in [2.24, 2.45) is 5.92 Å². The number of carbonyl (C=O) groups is 2. The van der Waals surface area contributed by atoms with Gasteiger partial charge in [0, 0.05) is 13.0 Å². The molecule has 1 unspecified atom stereocenters. The lowest BCUT2D eigenvalue weighted by Crippen LogP contribution is -2.33. The molecule has 2 N–H and O–H groups in total. The fraction of sp³-hybridized carbons (Fsp3) is 0.800. The summed E-state index contributed by atoms with van der Waals surface area (Å²) in [6.45, 7) is 1.67. The first-order chi connectivity index (χ1) is 7.76. The number of hydrogen-bond donors (Lipinski definition) is 2. The second kappa shape index (κ2) is 7.13. The van der Waals surface area contributed by atoms with Gasteiger partial charge in [-0.1, -0.05) is 13.3 Å². The SMILES string of the molecule is CCCC(CNC(=O)CCC(F)(F)F)C(=O)O. The van der Waals surface area contributed by atoms with E-state index in [1.54, 1.807) is 6.92 Å². The molecule has 0 saturated heterocycles. The van der Waals surface area contributed by atoms with Gasteiger partial charge in [-0.15, -0.1) is 0 Å². The Morgan fingerprint density at radius 2 is 1.94 bits per heavy atom. The summed E-state index contributed by atoms with van der Waals surface area (Å²) in [5.41, 5.74) is 0. The number of carboxylic acid groups (broad SMARTS) is 1. The Labute approximate surface area is 97.2 Å². The number of aliphatic carboxylic acids is 1. The molecule has 100 valence electrons. The quantitative estimate of drug-likeness (QED) is 0.730. The third-order valence-electron chi connectivity index (χ3n) is 2.17. The van der Waals surface area contributed by atoms with E-state index in [0.29, 0.717) is 12.8 Å². The molecule has 0 spiro atoms. The molecular formula is C10H16F3NO3. The molecular weight excluding hydrogens is 239 g/mol. The van der Waals surface area contributed by atoms with Gasteiger partial charge >= 0.3 is 12.1 Å². The molecule has 0 bridgehead atoms. The zero-order chi connectivity index (χ0) is 13.5. The molecule has 0 radical (unpaired) electrons. The number of halogens is 3. The molecule has 0 fully saturated rings. The predicted octanol–water partition coefficient (Wildman–Crippen LogP) is 1.95. The zero-order valence-corrected chi connectivity index (χ0v) is 9.51. The molecule has 1 amide bonds. The molecule has 0 aromatic rings. The molecule has 0 aliphatic rings. The second-order valence-electron chi connectivity index (χ2n) is 3.74. The lowest BCUT2D eigenvalue weighted by Gasteiger charge is -2.12. The summed E-state index contributed by atoms with van der Waals surface area (Å²) in [7, 11) is 0. The Morgan fingerprint density at radius 3 is 2.35 bits per heavy atom. The molecule has 0 rings (SSSR count).